The van der Waals surface area contributed by atoms with Gasteiger partial charge in [0.2, 0.25) is 0 Å². The van der Waals surface area contributed by atoms with Crippen molar-refractivity contribution in [2.24, 2.45) is 5.73 Å². The van der Waals surface area contributed by atoms with E-state index in [2.05, 4.69) is 18.7 Å². The van der Waals surface area contributed by atoms with E-state index in [4.69, 9.17) is 10.5 Å². The van der Waals surface area contributed by atoms with Gasteiger partial charge in [0, 0.05) is 25.2 Å². The molecule has 0 radical (unpaired) electrons. The van der Waals surface area contributed by atoms with Crippen LogP contribution >= 0.6 is 0 Å². The zero-order valence-electron chi connectivity index (χ0n) is 7.42. The van der Waals surface area contributed by atoms with E-state index in [9.17, 15) is 0 Å². The summed E-state index contributed by atoms with van der Waals surface area (Å²) in [6.45, 7) is 7.81. The first-order valence-electron chi connectivity index (χ1n) is 4.29. The van der Waals surface area contributed by atoms with Crippen molar-refractivity contribution in [3.05, 3.63) is 0 Å². The molecule has 2 N–H and O–H groups in total. The first kappa shape index (κ1) is 8.97. The van der Waals surface area contributed by atoms with Crippen LogP contribution in [0.3, 0.4) is 0 Å². The molecule has 0 saturated carbocycles. The zero-order chi connectivity index (χ0) is 8.27. The minimum atomic E-state index is 0.530. The van der Waals surface area contributed by atoms with Crippen LogP contribution in [-0.4, -0.2) is 43.3 Å². The Kier molecular flexibility index (Phi) is 3.30. The zero-order valence-corrected chi connectivity index (χ0v) is 7.42. The summed E-state index contributed by atoms with van der Waals surface area (Å²) < 4.78 is 5.39. The highest BCUT2D eigenvalue weighted by molar-refractivity contribution is 4.77. The highest BCUT2D eigenvalue weighted by atomic mass is 16.5. The van der Waals surface area contributed by atoms with Crippen molar-refractivity contribution in [3.8, 4) is 0 Å². The highest BCUT2D eigenvalue weighted by Crippen LogP contribution is 2.11. The Hall–Kier alpha value is -0.120. The quantitative estimate of drug-likeness (QED) is 0.617. The third-order valence-corrected chi connectivity index (χ3v) is 2.24. The van der Waals surface area contributed by atoms with Gasteiger partial charge < -0.3 is 10.5 Å². The van der Waals surface area contributed by atoms with Gasteiger partial charge in [-0.05, 0) is 13.8 Å². The maximum absolute atomic E-state index is 5.50. The van der Waals surface area contributed by atoms with Crippen LogP contribution in [0.1, 0.15) is 13.8 Å². The van der Waals surface area contributed by atoms with E-state index < -0.39 is 0 Å². The van der Waals surface area contributed by atoms with Crippen LogP contribution in [0.25, 0.3) is 0 Å². The molecule has 0 aromatic heterocycles. The highest BCUT2D eigenvalue weighted by Gasteiger charge is 2.23. The molecule has 0 bridgehead atoms. The lowest BCUT2D eigenvalue weighted by Crippen LogP contribution is -2.51. The van der Waals surface area contributed by atoms with E-state index in [0.29, 0.717) is 12.1 Å². The average molecular weight is 158 g/mol. The number of nitrogens with two attached hydrogens (primary N) is 1. The number of nitrogens with zero attached hydrogens (tertiary/aromatic N) is 1. The summed E-state index contributed by atoms with van der Waals surface area (Å²) in [5, 5.41) is 0. The van der Waals surface area contributed by atoms with Gasteiger partial charge in [-0.3, -0.25) is 4.90 Å². The molecule has 1 aliphatic rings. The Bertz CT molecular complexity index is 109. The summed E-state index contributed by atoms with van der Waals surface area (Å²) in [5.74, 6) is 0. The lowest BCUT2D eigenvalue weighted by Gasteiger charge is -2.38. The second-order valence-corrected chi connectivity index (χ2v) is 3.26. The van der Waals surface area contributed by atoms with Crippen molar-refractivity contribution in [3.63, 3.8) is 0 Å². The second kappa shape index (κ2) is 4.04. The molecule has 2 atom stereocenters. The molecular formula is C8H18N2O. The SMILES string of the molecule is C[C@@H]1COC[C@H](C)N1CCN. The third kappa shape index (κ3) is 2.15. The van der Waals surface area contributed by atoms with Crippen molar-refractivity contribution in [1.82, 2.24) is 4.90 Å². The van der Waals surface area contributed by atoms with Crippen LogP contribution in [0.4, 0.5) is 0 Å². The summed E-state index contributed by atoms with van der Waals surface area (Å²) in [7, 11) is 0. The van der Waals surface area contributed by atoms with E-state index in [1.165, 1.54) is 0 Å². The van der Waals surface area contributed by atoms with Gasteiger partial charge in [-0.15, -0.1) is 0 Å². The third-order valence-electron chi connectivity index (χ3n) is 2.24. The van der Waals surface area contributed by atoms with Gasteiger partial charge in [0.05, 0.1) is 13.2 Å². The predicted molar refractivity (Wildman–Crippen MR) is 45.5 cm³/mol. The Morgan fingerprint density at radius 3 is 2.36 bits per heavy atom. The van der Waals surface area contributed by atoms with Crippen LogP contribution < -0.4 is 5.73 Å². The van der Waals surface area contributed by atoms with Gasteiger partial charge in [0.15, 0.2) is 0 Å². The summed E-state index contributed by atoms with van der Waals surface area (Å²) in [6, 6.07) is 1.06. The molecular weight excluding hydrogens is 140 g/mol. The molecule has 66 valence electrons. The van der Waals surface area contributed by atoms with Gasteiger partial charge in [-0.1, -0.05) is 0 Å². The molecule has 1 heterocycles. The Balaban J connectivity index is 2.41. The summed E-state index contributed by atoms with van der Waals surface area (Å²) >= 11 is 0. The summed E-state index contributed by atoms with van der Waals surface area (Å²) in [6.07, 6.45) is 0. The topological polar surface area (TPSA) is 38.5 Å². The molecule has 1 saturated heterocycles. The Labute approximate surface area is 68.5 Å². The van der Waals surface area contributed by atoms with E-state index in [0.717, 1.165) is 26.3 Å². The van der Waals surface area contributed by atoms with E-state index >= 15 is 0 Å². The molecule has 3 heteroatoms. The molecule has 11 heavy (non-hydrogen) atoms. The van der Waals surface area contributed by atoms with Crippen molar-refractivity contribution in [2.75, 3.05) is 26.3 Å². The number of hydrogen-bond donors (Lipinski definition) is 1. The van der Waals surface area contributed by atoms with Gasteiger partial charge in [-0.2, -0.15) is 0 Å². The molecule has 0 aromatic rings. The Morgan fingerprint density at radius 2 is 1.91 bits per heavy atom. The lowest BCUT2D eigenvalue weighted by molar-refractivity contribution is -0.0348. The maximum Gasteiger partial charge on any atom is 0.0620 e. The van der Waals surface area contributed by atoms with Crippen LogP contribution in [0, 0.1) is 0 Å². The first-order valence-corrected chi connectivity index (χ1v) is 4.29. The fourth-order valence-corrected chi connectivity index (χ4v) is 1.62. The molecule has 1 fully saturated rings. The van der Waals surface area contributed by atoms with E-state index in [1.54, 1.807) is 0 Å². The monoisotopic (exact) mass is 158 g/mol. The maximum atomic E-state index is 5.50. The molecule has 0 spiro atoms. The number of rotatable bonds is 2. The standard InChI is InChI=1S/C8H18N2O/c1-7-5-11-6-8(2)10(7)4-3-9/h7-8H,3-6,9H2,1-2H3/t7-,8+. The van der Waals surface area contributed by atoms with E-state index in [-0.39, 0.29) is 0 Å². The van der Waals surface area contributed by atoms with Crippen LogP contribution in [0.5, 0.6) is 0 Å². The normalized spacial score (nSPS) is 34.1. The lowest BCUT2D eigenvalue weighted by atomic mass is 10.2. The van der Waals surface area contributed by atoms with Crippen molar-refractivity contribution >= 4 is 0 Å². The average Bonchev–Trinajstić information content (AvgIpc) is 1.97. The second-order valence-electron chi connectivity index (χ2n) is 3.26. The summed E-state index contributed by atoms with van der Waals surface area (Å²) in [5.41, 5.74) is 5.50. The van der Waals surface area contributed by atoms with Crippen molar-refractivity contribution in [1.29, 1.82) is 0 Å². The first-order chi connectivity index (χ1) is 5.25. The van der Waals surface area contributed by atoms with Gasteiger partial charge in [0.1, 0.15) is 0 Å². The van der Waals surface area contributed by atoms with Crippen LogP contribution in [0.2, 0.25) is 0 Å². The number of morpholine rings is 1. The number of ether oxygens (including phenoxy) is 1. The van der Waals surface area contributed by atoms with Gasteiger partial charge >= 0.3 is 0 Å². The van der Waals surface area contributed by atoms with Gasteiger partial charge in [0.25, 0.3) is 0 Å². The summed E-state index contributed by atoms with van der Waals surface area (Å²) in [4.78, 5) is 2.41. The molecule has 0 aromatic carbocycles. The number of hydrogen-bond acceptors (Lipinski definition) is 3. The molecule has 0 aliphatic carbocycles. The van der Waals surface area contributed by atoms with Crippen molar-refractivity contribution < 1.29 is 4.74 Å². The van der Waals surface area contributed by atoms with Crippen molar-refractivity contribution in [2.45, 2.75) is 25.9 Å². The molecule has 0 unspecified atom stereocenters. The molecule has 3 nitrogen and oxygen atoms in total. The fraction of sp³-hybridized carbons (Fsp3) is 1.00. The molecule has 0 amide bonds. The minimum Gasteiger partial charge on any atom is -0.378 e. The Morgan fingerprint density at radius 1 is 1.36 bits per heavy atom. The fourth-order valence-electron chi connectivity index (χ4n) is 1.62. The van der Waals surface area contributed by atoms with Gasteiger partial charge in [-0.25, -0.2) is 0 Å². The van der Waals surface area contributed by atoms with Crippen LogP contribution in [0.15, 0.2) is 0 Å². The smallest absolute Gasteiger partial charge is 0.0620 e. The molecule has 1 rings (SSSR count). The van der Waals surface area contributed by atoms with E-state index in [1.807, 2.05) is 0 Å². The van der Waals surface area contributed by atoms with Crippen LogP contribution in [-0.2, 0) is 4.74 Å². The molecule has 1 aliphatic heterocycles. The largest absolute Gasteiger partial charge is 0.378 e. The predicted octanol–water partition coefficient (Wildman–Crippen LogP) is 0.0543. The minimum absolute atomic E-state index is 0.530.